The summed E-state index contributed by atoms with van der Waals surface area (Å²) in [4.78, 5) is 26.8. The largest absolute Gasteiger partial charge is 0.305 e. The molecule has 0 radical (unpaired) electrons. The number of amides is 2. The molecule has 0 saturated carbocycles. The van der Waals surface area contributed by atoms with Crippen molar-refractivity contribution in [2.45, 2.75) is 13.8 Å². The lowest BCUT2D eigenvalue weighted by atomic mass is 10.1. The number of thioether (sulfide) groups is 1. The van der Waals surface area contributed by atoms with Crippen LogP contribution in [0.15, 0.2) is 34.2 Å². The first-order chi connectivity index (χ1) is 8.56. The second-order valence-electron chi connectivity index (χ2n) is 3.87. The van der Waals surface area contributed by atoms with Crippen LogP contribution >= 0.6 is 11.8 Å². The monoisotopic (exact) mass is 260 g/mol. The van der Waals surface area contributed by atoms with Gasteiger partial charge < -0.3 is 5.32 Å². The van der Waals surface area contributed by atoms with Crippen molar-refractivity contribution in [1.82, 2.24) is 5.32 Å². The molecule has 0 saturated heterocycles. The van der Waals surface area contributed by atoms with E-state index in [9.17, 15) is 9.59 Å². The molecular formula is C13H12N2O2S. The summed E-state index contributed by atoms with van der Waals surface area (Å²) in [6, 6.07) is 7.78. The third-order valence-electron chi connectivity index (χ3n) is 2.38. The van der Waals surface area contributed by atoms with Crippen LogP contribution in [-0.2, 0) is 9.59 Å². The van der Waals surface area contributed by atoms with Crippen molar-refractivity contribution in [2.75, 3.05) is 0 Å². The molecule has 0 aromatic heterocycles. The Hall–Kier alpha value is -1.88. The average molecular weight is 260 g/mol. The second-order valence-corrected chi connectivity index (χ2v) is 4.90. The molecule has 1 N–H and O–H groups in total. The van der Waals surface area contributed by atoms with Crippen LogP contribution in [0.1, 0.15) is 18.1 Å². The van der Waals surface area contributed by atoms with Crippen LogP contribution in [0.3, 0.4) is 0 Å². The van der Waals surface area contributed by atoms with E-state index in [-0.39, 0.29) is 11.8 Å². The normalized spacial score (nSPS) is 16.9. The molecular weight excluding hydrogens is 248 g/mol. The van der Waals surface area contributed by atoms with E-state index in [1.165, 1.54) is 18.7 Å². The summed E-state index contributed by atoms with van der Waals surface area (Å²) in [5, 5.41) is 2.86. The predicted octanol–water partition coefficient (Wildman–Crippen LogP) is 2.10. The minimum atomic E-state index is -0.313. The van der Waals surface area contributed by atoms with E-state index in [1.54, 1.807) is 6.08 Å². The van der Waals surface area contributed by atoms with Gasteiger partial charge in [-0.1, -0.05) is 24.3 Å². The Bertz CT molecular complexity index is 576. The zero-order valence-electron chi connectivity index (χ0n) is 10.1. The topological polar surface area (TPSA) is 58.5 Å². The maximum atomic E-state index is 11.7. The molecule has 5 heteroatoms. The maximum absolute atomic E-state index is 11.7. The first kappa shape index (κ1) is 12.6. The van der Waals surface area contributed by atoms with E-state index in [1.807, 2.05) is 31.2 Å². The molecule has 0 spiro atoms. The van der Waals surface area contributed by atoms with Crippen LogP contribution in [0.25, 0.3) is 6.08 Å². The summed E-state index contributed by atoms with van der Waals surface area (Å²) in [7, 11) is 0. The Labute approximate surface area is 109 Å². The van der Waals surface area contributed by atoms with Gasteiger partial charge in [0.1, 0.15) is 0 Å². The zero-order valence-corrected chi connectivity index (χ0v) is 10.9. The molecule has 2 rings (SSSR count). The van der Waals surface area contributed by atoms with Gasteiger partial charge in [-0.2, -0.15) is 4.99 Å². The molecule has 2 amide bonds. The highest BCUT2D eigenvalue weighted by molar-refractivity contribution is 8.18. The highest BCUT2D eigenvalue weighted by atomic mass is 32.2. The summed E-state index contributed by atoms with van der Waals surface area (Å²) in [5.41, 5.74) is 2.07. The third kappa shape index (κ3) is 2.87. The van der Waals surface area contributed by atoms with E-state index >= 15 is 0 Å². The Morgan fingerprint density at radius 2 is 2.11 bits per heavy atom. The smallest absolute Gasteiger partial charge is 0.286 e. The molecule has 0 unspecified atom stereocenters. The van der Waals surface area contributed by atoms with Crippen LogP contribution in [-0.4, -0.2) is 17.0 Å². The van der Waals surface area contributed by atoms with Gasteiger partial charge in [0.2, 0.25) is 5.91 Å². The molecule has 1 aliphatic rings. The molecule has 0 atom stereocenters. The van der Waals surface area contributed by atoms with Gasteiger partial charge in [0.25, 0.3) is 5.91 Å². The number of nitrogens with one attached hydrogen (secondary N) is 1. The molecule has 1 aromatic carbocycles. The fourth-order valence-corrected chi connectivity index (χ4v) is 2.35. The Morgan fingerprint density at radius 1 is 1.39 bits per heavy atom. The Balaban J connectivity index is 2.20. The van der Waals surface area contributed by atoms with Crippen molar-refractivity contribution in [2.24, 2.45) is 4.99 Å². The van der Waals surface area contributed by atoms with Gasteiger partial charge in [0.05, 0.1) is 4.91 Å². The zero-order chi connectivity index (χ0) is 13.1. The highest BCUT2D eigenvalue weighted by Crippen LogP contribution is 2.28. The van der Waals surface area contributed by atoms with Crippen LogP contribution in [0.4, 0.5) is 0 Å². The molecule has 18 heavy (non-hydrogen) atoms. The Kier molecular flexibility index (Phi) is 3.62. The van der Waals surface area contributed by atoms with Crippen LogP contribution in [0.5, 0.6) is 0 Å². The molecule has 1 aromatic rings. The number of benzene rings is 1. The van der Waals surface area contributed by atoms with E-state index in [2.05, 4.69) is 10.3 Å². The fraction of sp³-hybridized carbons (Fsp3) is 0.154. The third-order valence-corrected chi connectivity index (χ3v) is 3.28. The van der Waals surface area contributed by atoms with Crippen molar-refractivity contribution < 1.29 is 9.59 Å². The fourth-order valence-electron chi connectivity index (χ4n) is 1.50. The van der Waals surface area contributed by atoms with Gasteiger partial charge in [-0.05, 0) is 35.9 Å². The van der Waals surface area contributed by atoms with Crippen LogP contribution in [0.2, 0.25) is 0 Å². The highest BCUT2D eigenvalue weighted by Gasteiger charge is 2.22. The first-order valence-corrected chi connectivity index (χ1v) is 6.23. The summed E-state index contributed by atoms with van der Waals surface area (Å²) in [6.45, 7) is 3.36. The van der Waals surface area contributed by atoms with Gasteiger partial charge in [0, 0.05) is 6.92 Å². The van der Waals surface area contributed by atoms with E-state index in [4.69, 9.17) is 0 Å². The Morgan fingerprint density at radius 3 is 2.78 bits per heavy atom. The number of rotatable bonds is 1. The minimum Gasteiger partial charge on any atom is -0.305 e. The number of amidine groups is 1. The minimum absolute atomic E-state index is 0.230. The van der Waals surface area contributed by atoms with Crippen molar-refractivity contribution in [3.63, 3.8) is 0 Å². The molecule has 1 aliphatic heterocycles. The van der Waals surface area contributed by atoms with Gasteiger partial charge in [-0.15, -0.1) is 0 Å². The first-order valence-electron chi connectivity index (χ1n) is 5.42. The lowest BCUT2D eigenvalue weighted by Crippen LogP contribution is -2.23. The lowest BCUT2D eigenvalue weighted by Gasteiger charge is -2.00. The molecule has 0 fully saturated rings. The summed E-state index contributed by atoms with van der Waals surface area (Å²) in [5.74, 6) is -0.543. The molecule has 0 aliphatic carbocycles. The SMILES string of the molecule is CC(=O)NC1=NC(=O)C(=Cc2ccccc2C)S1. The van der Waals surface area contributed by atoms with Crippen molar-refractivity contribution in [3.8, 4) is 0 Å². The summed E-state index contributed by atoms with van der Waals surface area (Å²) < 4.78 is 0. The molecule has 0 bridgehead atoms. The number of carbonyl (C=O) groups is 2. The van der Waals surface area contributed by atoms with Gasteiger partial charge in [-0.3, -0.25) is 9.59 Å². The molecule has 1 heterocycles. The predicted molar refractivity (Wildman–Crippen MR) is 73.0 cm³/mol. The van der Waals surface area contributed by atoms with E-state index < -0.39 is 0 Å². The summed E-state index contributed by atoms with van der Waals surface area (Å²) in [6.07, 6.45) is 1.79. The van der Waals surface area contributed by atoms with Gasteiger partial charge >= 0.3 is 0 Å². The average Bonchev–Trinajstić information content (AvgIpc) is 2.61. The summed E-state index contributed by atoms with van der Waals surface area (Å²) >= 11 is 1.18. The van der Waals surface area contributed by atoms with E-state index in [0.717, 1.165) is 11.1 Å². The van der Waals surface area contributed by atoms with Crippen molar-refractivity contribution >= 4 is 34.8 Å². The number of carbonyl (C=O) groups excluding carboxylic acids is 2. The lowest BCUT2D eigenvalue weighted by molar-refractivity contribution is -0.117. The van der Waals surface area contributed by atoms with E-state index in [0.29, 0.717) is 10.1 Å². The van der Waals surface area contributed by atoms with Crippen molar-refractivity contribution in [1.29, 1.82) is 0 Å². The number of aliphatic imine (C=N–C) groups is 1. The van der Waals surface area contributed by atoms with Gasteiger partial charge in [0.15, 0.2) is 5.17 Å². The number of hydrogen-bond acceptors (Lipinski definition) is 3. The van der Waals surface area contributed by atoms with Gasteiger partial charge in [-0.25, -0.2) is 0 Å². The van der Waals surface area contributed by atoms with Crippen molar-refractivity contribution in [3.05, 3.63) is 40.3 Å². The second kappa shape index (κ2) is 5.18. The van der Waals surface area contributed by atoms with Crippen LogP contribution in [0, 0.1) is 6.92 Å². The quantitative estimate of drug-likeness (QED) is 0.787. The van der Waals surface area contributed by atoms with Crippen LogP contribution < -0.4 is 5.32 Å². The number of hydrogen-bond donors (Lipinski definition) is 1. The molecule has 4 nitrogen and oxygen atoms in total. The standard InChI is InChI=1S/C13H12N2O2S/c1-8-5-3-4-6-10(8)7-11-12(17)15-13(18-11)14-9(2)16/h3-7H,1-2H3,(H,14,15,16,17). The maximum Gasteiger partial charge on any atom is 0.286 e. The number of nitrogens with zero attached hydrogens (tertiary/aromatic N) is 1. The number of aryl methyl sites for hydroxylation is 1. The molecule has 92 valence electrons.